The van der Waals surface area contributed by atoms with Crippen molar-refractivity contribution < 1.29 is 19.0 Å². The maximum Gasteiger partial charge on any atom is 0.310 e. The standard InChI is InChI=1S/C20H26N2O4/c1-14(2)12-22-17-11-19(26-13-15-5-7-21-8-6-15)18(24-3)9-16(17)10-20(23)25-4/h5-9,11,14,22H,10,12-13H2,1-4H3. The summed E-state index contributed by atoms with van der Waals surface area (Å²) in [5.74, 6) is 1.35. The zero-order valence-electron chi connectivity index (χ0n) is 15.7. The second-order valence-corrected chi connectivity index (χ2v) is 6.33. The van der Waals surface area contributed by atoms with Crippen LogP contribution in [0.2, 0.25) is 0 Å². The number of aromatic nitrogens is 1. The molecule has 1 heterocycles. The average molecular weight is 358 g/mol. The van der Waals surface area contributed by atoms with Crippen LogP contribution in [0.5, 0.6) is 11.5 Å². The number of methoxy groups -OCH3 is 2. The summed E-state index contributed by atoms with van der Waals surface area (Å²) in [4.78, 5) is 15.7. The molecule has 1 aromatic heterocycles. The summed E-state index contributed by atoms with van der Waals surface area (Å²) in [6, 6.07) is 7.49. The van der Waals surface area contributed by atoms with Crippen LogP contribution in [0.25, 0.3) is 0 Å². The predicted octanol–water partition coefficient (Wildman–Crippen LogP) is 3.45. The first kappa shape index (κ1) is 19.6. The second kappa shape index (κ2) is 9.65. The van der Waals surface area contributed by atoms with E-state index in [0.717, 1.165) is 23.4 Å². The van der Waals surface area contributed by atoms with Gasteiger partial charge >= 0.3 is 5.97 Å². The zero-order chi connectivity index (χ0) is 18.9. The minimum absolute atomic E-state index is 0.165. The Morgan fingerprint density at radius 3 is 2.50 bits per heavy atom. The van der Waals surface area contributed by atoms with Crippen LogP contribution in [-0.4, -0.2) is 31.7 Å². The molecule has 0 aliphatic carbocycles. The Morgan fingerprint density at radius 1 is 1.15 bits per heavy atom. The maximum atomic E-state index is 11.7. The van der Waals surface area contributed by atoms with Gasteiger partial charge in [-0.3, -0.25) is 9.78 Å². The van der Waals surface area contributed by atoms with Crippen molar-refractivity contribution >= 4 is 11.7 Å². The lowest BCUT2D eigenvalue weighted by Crippen LogP contribution is -2.13. The van der Waals surface area contributed by atoms with Gasteiger partial charge in [0.05, 0.1) is 20.6 Å². The fourth-order valence-electron chi connectivity index (χ4n) is 2.37. The third kappa shape index (κ3) is 5.65. The van der Waals surface area contributed by atoms with Crippen molar-refractivity contribution in [2.24, 2.45) is 5.92 Å². The first-order chi connectivity index (χ1) is 12.5. The van der Waals surface area contributed by atoms with Crippen LogP contribution >= 0.6 is 0 Å². The lowest BCUT2D eigenvalue weighted by molar-refractivity contribution is -0.139. The molecular weight excluding hydrogens is 332 g/mol. The molecule has 6 heteroatoms. The van der Waals surface area contributed by atoms with Gasteiger partial charge in [0.25, 0.3) is 0 Å². The van der Waals surface area contributed by atoms with Crippen LogP contribution in [0, 0.1) is 5.92 Å². The van der Waals surface area contributed by atoms with E-state index in [9.17, 15) is 4.79 Å². The predicted molar refractivity (Wildman–Crippen MR) is 101 cm³/mol. The molecule has 0 atom stereocenters. The number of anilines is 1. The van der Waals surface area contributed by atoms with E-state index < -0.39 is 0 Å². The van der Waals surface area contributed by atoms with Gasteiger partial charge in [0.1, 0.15) is 6.61 Å². The summed E-state index contributed by atoms with van der Waals surface area (Å²) < 4.78 is 16.2. The van der Waals surface area contributed by atoms with Gasteiger partial charge in [-0.1, -0.05) is 13.8 Å². The highest BCUT2D eigenvalue weighted by molar-refractivity contribution is 5.76. The van der Waals surface area contributed by atoms with E-state index in [4.69, 9.17) is 14.2 Å². The van der Waals surface area contributed by atoms with E-state index in [-0.39, 0.29) is 12.4 Å². The van der Waals surface area contributed by atoms with Gasteiger partial charge in [-0.15, -0.1) is 0 Å². The van der Waals surface area contributed by atoms with Gasteiger partial charge in [0.15, 0.2) is 11.5 Å². The smallest absolute Gasteiger partial charge is 0.310 e. The van der Waals surface area contributed by atoms with Gasteiger partial charge in [0, 0.05) is 30.7 Å². The molecule has 0 amide bonds. The number of carbonyl (C=O) groups excluding carboxylic acids is 1. The lowest BCUT2D eigenvalue weighted by Gasteiger charge is -2.18. The molecule has 140 valence electrons. The van der Waals surface area contributed by atoms with E-state index in [2.05, 4.69) is 24.1 Å². The molecule has 6 nitrogen and oxygen atoms in total. The molecule has 0 saturated heterocycles. The number of hydrogen-bond donors (Lipinski definition) is 1. The number of pyridine rings is 1. The zero-order valence-corrected chi connectivity index (χ0v) is 15.7. The number of esters is 1. The van der Waals surface area contributed by atoms with Crippen molar-refractivity contribution in [1.82, 2.24) is 4.98 Å². The highest BCUT2D eigenvalue weighted by Crippen LogP contribution is 2.34. The number of hydrogen-bond acceptors (Lipinski definition) is 6. The summed E-state index contributed by atoms with van der Waals surface area (Å²) in [6.45, 7) is 5.43. The van der Waals surface area contributed by atoms with Gasteiger partial charge in [-0.05, 0) is 35.2 Å². The molecular formula is C20H26N2O4. The topological polar surface area (TPSA) is 69.7 Å². The third-order valence-electron chi connectivity index (χ3n) is 3.80. The van der Waals surface area contributed by atoms with Crippen molar-refractivity contribution in [2.45, 2.75) is 26.9 Å². The van der Waals surface area contributed by atoms with Crippen molar-refractivity contribution in [3.05, 3.63) is 47.8 Å². The monoisotopic (exact) mass is 358 g/mol. The second-order valence-electron chi connectivity index (χ2n) is 6.33. The molecule has 0 spiro atoms. The fraction of sp³-hybridized carbons (Fsp3) is 0.400. The Hall–Kier alpha value is -2.76. The molecule has 1 N–H and O–H groups in total. The number of benzene rings is 1. The fourth-order valence-corrected chi connectivity index (χ4v) is 2.37. The molecule has 0 radical (unpaired) electrons. The summed E-state index contributed by atoms with van der Waals surface area (Å²) in [5, 5.41) is 3.38. The number of carbonyl (C=O) groups is 1. The number of nitrogens with one attached hydrogen (secondary N) is 1. The number of ether oxygens (including phenoxy) is 3. The van der Waals surface area contributed by atoms with E-state index >= 15 is 0 Å². The minimum atomic E-state index is -0.301. The van der Waals surface area contributed by atoms with Crippen LogP contribution in [0.3, 0.4) is 0 Å². The first-order valence-electron chi connectivity index (χ1n) is 8.56. The Labute approximate surface area is 154 Å². The molecule has 2 rings (SSSR count). The van der Waals surface area contributed by atoms with Crippen LogP contribution in [0.15, 0.2) is 36.7 Å². The lowest BCUT2D eigenvalue weighted by atomic mass is 10.1. The summed E-state index contributed by atoms with van der Waals surface area (Å²) in [7, 11) is 2.96. The van der Waals surface area contributed by atoms with Crippen molar-refractivity contribution in [3.63, 3.8) is 0 Å². The van der Waals surface area contributed by atoms with Crippen molar-refractivity contribution in [1.29, 1.82) is 0 Å². The highest BCUT2D eigenvalue weighted by atomic mass is 16.5. The minimum Gasteiger partial charge on any atom is -0.493 e. The van der Waals surface area contributed by atoms with Gasteiger partial charge < -0.3 is 19.5 Å². The Balaban J connectivity index is 2.27. The molecule has 0 bridgehead atoms. The summed E-state index contributed by atoms with van der Waals surface area (Å²) >= 11 is 0. The molecule has 1 aromatic carbocycles. The van der Waals surface area contributed by atoms with E-state index in [1.165, 1.54) is 7.11 Å². The SMILES string of the molecule is COC(=O)Cc1cc(OC)c(OCc2ccncc2)cc1NCC(C)C. The highest BCUT2D eigenvalue weighted by Gasteiger charge is 2.15. The molecule has 26 heavy (non-hydrogen) atoms. The largest absolute Gasteiger partial charge is 0.493 e. The third-order valence-corrected chi connectivity index (χ3v) is 3.80. The van der Waals surface area contributed by atoms with Gasteiger partial charge in [-0.2, -0.15) is 0 Å². The van der Waals surface area contributed by atoms with E-state index in [1.54, 1.807) is 19.5 Å². The van der Waals surface area contributed by atoms with Crippen molar-refractivity contribution in [3.8, 4) is 11.5 Å². The van der Waals surface area contributed by atoms with Crippen molar-refractivity contribution in [2.75, 3.05) is 26.1 Å². The number of nitrogens with zero attached hydrogens (tertiary/aromatic N) is 1. The Bertz CT molecular complexity index is 717. The van der Waals surface area contributed by atoms with Crippen LogP contribution in [0.1, 0.15) is 25.0 Å². The first-order valence-corrected chi connectivity index (χ1v) is 8.56. The van der Waals surface area contributed by atoms with Crippen LogP contribution < -0.4 is 14.8 Å². The van der Waals surface area contributed by atoms with Gasteiger partial charge in [0.2, 0.25) is 0 Å². The molecule has 0 aliphatic heterocycles. The summed E-state index contributed by atoms with van der Waals surface area (Å²) in [6.07, 6.45) is 3.62. The summed E-state index contributed by atoms with van der Waals surface area (Å²) in [5.41, 5.74) is 2.66. The molecule has 0 saturated carbocycles. The molecule has 0 aliphatic rings. The van der Waals surface area contributed by atoms with E-state index in [1.807, 2.05) is 24.3 Å². The van der Waals surface area contributed by atoms with E-state index in [0.29, 0.717) is 24.0 Å². The van der Waals surface area contributed by atoms with Crippen LogP contribution in [-0.2, 0) is 22.6 Å². The number of rotatable bonds is 9. The Morgan fingerprint density at radius 2 is 1.88 bits per heavy atom. The molecule has 0 unspecified atom stereocenters. The maximum absolute atomic E-state index is 11.7. The normalized spacial score (nSPS) is 10.5. The average Bonchev–Trinajstić information content (AvgIpc) is 2.65. The quantitative estimate of drug-likeness (QED) is 0.693. The molecule has 2 aromatic rings. The Kier molecular flexibility index (Phi) is 7.26. The van der Waals surface area contributed by atoms with Gasteiger partial charge in [-0.25, -0.2) is 0 Å². The van der Waals surface area contributed by atoms with Crippen LogP contribution in [0.4, 0.5) is 5.69 Å². The molecule has 0 fully saturated rings.